The number of hydrogen-bond donors (Lipinski definition) is 1. The van der Waals surface area contributed by atoms with Crippen molar-refractivity contribution in [1.29, 1.82) is 0 Å². The second-order valence-electron chi connectivity index (χ2n) is 3.50. The highest BCUT2D eigenvalue weighted by molar-refractivity contribution is 9.10. The van der Waals surface area contributed by atoms with Gasteiger partial charge in [0.25, 0.3) is 0 Å². The summed E-state index contributed by atoms with van der Waals surface area (Å²) in [6.45, 7) is 3.87. The Labute approximate surface area is 97.0 Å². The molecule has 2 nitrogen and oxygen atoms in total. The van der Waals surface area contributed by atoms with Gasteiger partial charge in [0.1, 0.15) is 5.75 Å². The second-order valence-corrected chi connectivity index (χ2v) is 4.76. The molecule has 0 fully saturated rings. The summed E-state index contributed by atoms with van der Waals surface area (Å²) < 4.78 is 5.89. The molecule has 0 aliphatic rings. The van der Waals surface area contributed by atoms with Gasteiger partial charge >= 0.3 is 0 Å². The summed E-state index contributed by atoms with van der Waals surface area (Å²) in [4.78, 5) is 0. The summed E-state index contributed by atoms with van der Waals surface area (Å²) in [5.74, 6) is 0.0577. The van der Waals surface area contributed by atoms with Crippen molar-refractivity contribution in [2.75, 3.05) is 7.11 Å². The molecule has 0 bridgehead atoms. The fraction of sp³-hybridized carbons (Fsp3) is 0.400. The maximum atomic E-state index is 9.45. The van der Waals surface area contributed by atoms with Crippen LogP contribution in [0, 0.1) is 0 Å². The van der Waals surface area contributed by atoms with Gasteiger partial charge in [-0.15, -0.1) is 0 Å². The van der Waals surface area contributed by atoms with Gasteiger partial charge in [-0.05, 0) is 47.5 Å². The average molecular weight is 280 g/mol. The molecule has 0 heterocycles. The summed E-state index contributed by atoms with van der Waals surface area (Å²) in [7, 11) is 1.63. The summed E-state index contributed by atoms with van der Waals surface area (Å²) in [6.07, 6.45) is 0. The zero-order valence-corrected chi connectivity index (χ0v) is 10.6. The van der Waals surface area contributed by atoms with Crippen LogP contribution in [-0.4, -0.2) is 12.2 Å². The SMILES string of the molecule is COC(C)(C)c1cc(Cl)c(O)c(Br)c1. The molecule has 0 radical (unpaired) electrons. The van der Waals surface area contributed by atoms with Gasteiger partial charge in [-0.1, -0.05) is 11.6 Å². The van der Waals surface area contributed by atoms with Gasteiger partial charge in [0.15, 0.2) is 0 Å². The standard InChI is InChI=1S/C10H12BrClO2/c1-10(2,14-3)6-4-7(11)9(13)8(12)5-6/h4-5,13H,1-3H3. The van der Waals surface area contributed by atoms with E-state index in [2.05, 4.69) is 15.9 Å². The first-order valence-corrected chi connectivity index (χ1v) is 5.29. The molecule has 0 spiro atoms. The molecule has 4 heteroatoms. The quantitative estimate of drug-likeness (QED) is 0.894. The maximum absolute atomic E-state index is 9.45. The Morgan fingerprint density at radius 1 is 1.43 bits per heavy atom. The van der Waals surface area contributed by atoms with Crippen LogP contribution in [0.2, 0.25) is 5.02 Å². The molecule has 14 heavy (non-hydrogen) atoms. The van der Waals surface area contributed by atoms with Crippen LogP contribution >= 0.6 is 27.5 Å². The molecule has 0 aliphatic carbocycles. The van der Waals surface area contributed by atoms with Gasteiger partial charge in [-0.3, -0.25) is 0 Å². The van der Waals surface area contributed by atoms with Gasteiger partial charge in [0, 0.05) is 7.11 Å². The molecule has 78 valence electrons. The molecule has 0 saturated heterocycles. The van der Waals surface area contributed by atoms with E-state index in [1.165, 1.54) is 0 Å². The molecular weight excluding hydrogens is 267 g/mol. The highest BCUT2D eigenvalue weighted by Crippen LogP contribution is 2.37. The summed E-state index contributed by atoms with van der Waals surface area (Å²) in [5, 5.41) is 9.77. The Morgan fingerprint density at radius 2 is 2.00 bits per heavy atom. The van der Waals surface area contributed by atoms with E-state index in [0.29, 0.717) is 9.50 Å². The number of benzene rings is 1. The van der Waals surface area contributed by atoms with Crippen molar-refractivity contribution in [1.82, 2.24) is 0 Å². The first-order valence-electron chi connectivity index (χ1n) is 4.12. The van der Waals surface area contributed by atoms with Gasteiger partial charge < -0.3 is 9.84 Å². The van der Waals surface area contributed by atoms with Crippen molar-refractivity contribution in [2.45, 2.75) is 19.4 Å². The fourth-order valence-corrected chi connectivity index (χ4v) is 1.82. The first-order chi connectivity index (χ1) is 6.38. The highest BCUT2D eigenvalue weighted by Gasteiger charge is 2.21. The number of ether oxygens (including phenoxy) is 1. The molecular formula is C10H12BrClO2. The fourth-order valence-electron chi connectivity index (χ4n) is 1.03. The van der Waals surface area contributed by atoms with E-state index in [9.17, 15) is 5.11 Å². The normalized spacial score (nSPS) is 11.8. The van der Waals surface area contributed by atoms with Gasteiger partial charge in [0.05, 0.1) is 15.1 Å². The minimum atomic E-state index is -0.417. The number of phenols is 1. The van der Waals surface area contributed by atoms with Crippen LogP contribution in [0.1, 0.15) is 19.4 Å². The van der Waals surface area contributed by atoms with Crippen LogP contribution in [-0.2, 0) is 10.3 Å². The molecule has 1 aromatic rings. The Balaban J connectivity index is 3.26. The lowest BCUT2D eigenvalue weighted by molar-refractivity contribution is 0.0191. The Kier molecular flexibility index (Phi) is 3.45. The molecule has 0 aromatic heterocycles. The number of rotatable bonds is 2. The van der Waals surface area contributed by atoms with E-state index in [1.807, 2.05) is 13.8 Å². The Morgan fingerprint density at radius 3 is 2.43 bits per heavy atom. The summed E-state index contributed by atoms with van der Waals surface area (Å²) in [6, 6.07) is 3.50. The van der Waals surface area contributed by atoms with E-state index in [0.717, 1.165) is 5.56 Å². The van der Waals surface area contributed by atoms with Crippen LogP contribution < -0.4 is 0 Å². The van der Waals surface area contributed by atoms with Crippen molar-refractivity contribution in [3.05, 3.63) is 27.2 Å². The van der Waals surface area contributed by atoms with Crippen molar-refractivity contribution >= 4 is 27.5 Å². The zero-order valence-electron chi connectivity index (χ0n) is 8.27. The topological polar surface area (TPSA) is 29.5 Å². The minimum Gasteiger partial charge on any atom is -0.505 e. The first kappa shape index (κ1) is 11.8. The highest BCUT2D eigenvalue weighted by atomic mass is 79.9. The lowest BCUT2D eigenvalue weighted by Crippen LogP contribution is -2.19. The van der Waals surface area contributed by atoms with Gasteiger partial charge in [-0.2, -0.15) is 0 Å². The average Bonchev–Trinajstić information content (AvgIpc) is 2.13. The third kappa shape index (κ3) is 2.22. The van der Waals surface area contributed by atoms with Gasteiger partial charge in [-0.25, -0.2) is 0 Å². The van der Waals surface area contributed by atoms with Gasteiger partial charge in [0.2, 0.25) is 0 Å². The van der Waals surface area contributed by atoms with Crippen LogP contribution in [0.15, 0.2) is 16.6 Å². The van der Waals surface area contributed by atoms with E-state index < -0.39 is 5.60 Å². The van der Waals surface area contributed by atoms with Crippen LogP contribution in [0.25, 0.3) is 0 Å². The van der Waals surface area contributed by atoms with E-state index in [1.54, 1.807) is 19.2 Å². The van der Waals surface area contributed by atoms with Crippen LogP contribution in [0.4, 0.5) is 0 Å². The molecule has 0 aliphatic heterocycles. The molecule has 0 amide bonds. The predicted molar refractivity (Wildman–Crippen MR) is 60.9 cm³/mol. The monoisotopic (exact) mass is 278 g/mol. The summed E-state index contributed by atoms with van der Waals surface area (Å²) >= 11 is 9.08. The van der Waals surface area contributed by atoms with E-state index in [4.69, 9.17) is 16.3 Å². The van der Waals surface area contributed by atoms with Crippen molar-refractivity contribution in [2.24, 2.45) is 0 Å². The number of hydrogen-bond acceptors (Lipinski definition) is 2. The van der Waals surface area contributed by atoms with Crippen molar-refractivity contribution < 1.29 is 9.84 Å². The van der Waals surface area contributed by atoms with Crippen molar-refractivity contribution in [3.8, 4) is 5.75 Å². The number of halogens is 2. The number of methoxy groups -OCH3 is 1. The Hall–Kier alpha value is -0.250. The molecule has 1 rings (SSSR count). The lowest BCUT2D eigenvalue weighted by Gasteiger charge is -2.24. The lowest BCUT2D eigenvalue weighted by atomic mass is 9.98. The number of phenolic OH excluding ortho intramolecular Hbond substituents is 1. The maximum Gasteiger partial charge on any atom is 0.148 e. The Bertz CT molecular complexity index is 327. The molecule has 0 saturated carbocycles. The summed E-state index contributed by atoms with van der Waals surface area (Å²) in [5.41, 5.74) is 0.495. The molecule has 0 atom stereocenters. The number of aromatic hydroxyl groups is 1. The van der Waals surface area contributed by atoms with E-state index in [-0.39, 0.29) is 5.75 Å². The molecule has 0 unspecified atom stereocenters. The molecule has 1 aromatic carbocycles. The second kappa shape index (κ2) is 4.09. The zero-order chi connectivity index (χ0) is 10.9. The minimum absolute atomic E-state index is 0.0577. The third-order valence-electron chi connectivity index (χ3n) is 2.22. The van der Waals surface area contributed by atoms with E-state index >= 15 is 0 Å². The van der Waals surface area contributed by atoms with Crippen molar-refractivity contribution in [3.63, 3.8) is 0 Å². The smallest absolute Gasteiger partial charge is 0.148 e. The largest absolute Gasteiger partial charge is 0.505 e. The van der Waals surface area contributed by atoms with Crippen LogP contribution in [0.3, 0.4) is 0 Å². The predicted octanol–water partition coefficient (Wildman–Crippen LogP) is 3.69. The van der Waals surface area contributed by atoms with Crippen LogP contribution in [0.5, 0.6) is 5.75 Å². The third-order valence-corrected chi connectivity index (χ3v) is 3.12. The molecule has 1 N–H and O–H groups in total.